The van der Waals surface area contributed by atoms with Gasteiger partial charge in [0.25, 0.3) is 5.91 Å². The first-order chi connectivity index (χ1) is 12.0. The number of hydrogen-bond acceptors (Lipinski definition) is 5. The lowest BCUT2D eigenvalue weighted by atomic mass is 10.2. The minimum absolute atomic E-state index is 0.178. The SMILES string of the molecule is O=C1[C@@H]2C[C@@H](O)CN2C(=O)N1c1ccc(Oc2ccc(Cl)cc2)nc1. The zero-order valence-electron chi connectivity index (χ0n) is 13.0. The molecule has 0 spiro atoms. The molecule has 25 heavy (non-hydrogen) atoms. The molecular weight excluding hydrogens is 346 g/mol. The average molecular weight is 360 g/mol. The van der Waals surface area contributed by atoms with E-state index in [0.29, 0.717) is 22.3 Å². The summed E-state index contributed by atoms with van der Waals surface area (Å²) in [5.41, 5.74) is 0.377. The van der Waals surface area contributed by atoms with E-state index in [1.54, 1.807) is 36.4 Å². The Kier molecular flexibility index (Phi) is 3.82. The van der Waals surface area contributed by atoms with Crippen molar-refractivity contribution in [2.75, 3.05) is 11.4 Å². The van der Waals surface area contributed by atoms with Crippen LogP contribution in [0.4, 0.5) is 10.5 Å². The van der Waals surface area contributed by atoms with Gasteiger partial charge in [0.2, 0.25) is 5.88 Å². The van der Waals surface area contributed by atoms with E-state index in [2.05, 4.69) is 4.98 Å². The summed E-state index contributed by atoms with van der Waals surface area (Å²) >= 11 is 5.82. The van der Waals surface area contributed by atoms with E-state index in [1.807, 2.05) is 0 Å². The van der Waals surface area contributed by atoms with Crippen LogP contribution in [-0.2, 0) is 4.79 Å². The average Bonchev–Trinajstić information content (AvgIpc) is 3.09. The number of ether oxygens (including phenoxy) is 1. The van der Waals surface area contributed by atoms with Crippen molar-refractivity contribution in [1.82, 2.24) is 9.88 Å². The fourth-order valence-corrected chi connectivity index (χ4v) is 3.18. The maximum atomic E-state index is 12.4. The predicted molar refractivity (Wildman–Crippen MR) is 89.8 cm³/mol. The molecule has 2 saturated heterocycles. The molecule has 0 aliphatic carbocycles. The fraction of sp³-hybridized carbons (Fsp3) is 0.235. The van der Waals surface area contributed by atoms with Crippen molar-refractivity contribution < 1.29 is 19.4 Å². The molecule has 3 amide bonds. The highest BCUT2D eigenvalue weighted by Crippen LogP contribution is 2.32. The van der Waals surface area contributed by atoms with Gasteiger partial charge in [-0.05, 0) is 30.3 Å². The molecular formula is C17H14ClN3O4. The molecule has 1 aromatic carbocycles. The largest absolute Gasteiger partial charge is 0.439 e. The summed E-state index contributed by atoms with van der Waals surface area (Å²) in [4.78, 5) is 31.5. The first kappa shape index (κ1) is 15.9. The lowest BCUT2D eigenvalue weighted by molar-refractivity contribution is -0.119. The van der Waals surface area contributed by atoms with Gasteiger partial charge in [-0.3, -0.25) is 4.79 Å². The van der Waals surface area contributed by atoms with E-state index in [9.17, 15) is 14.7 Å². The first-order valence-electron chi connectivity index (χ1n) is 7.75. The van der Waals surface area contributed by atoms with Crippen molar-refractivity contribution in [1.29, 1.82) is 0 Å². The summed E-state index contributed by atoms with van der Waals surface area (Å²) in [5, 5.41) is 10.2. The predicted octanol–water partition coefficient (Wildman–Crippen LogP) is 2.43. The normalized spacial score (nSPS) is 22.5. The fourth-order valence-electron chi connectivity index (χ4n) is 3.06. The van der Waals surface area contributed by atoms with Gasteiger partial charge in [-0.25, -0.2) is 14.7 Å². The number of urea groups is 1. The number of amides is 3. The van der Waals surface area contributed by atoms with Crippen molar-refractivity contribution in [2.24, 2.45) is 0 Å². The van der Waals surface area contributed by atoms with Crippen LogP contribution in [0.2, 0.25) is 5.02 Å². The Hall–Kier alpha value is -2.64. The second-order valence-electron chi connectivity index (χ2n) is 5.92. The first-order valence-corrected chi connectivity index (χ1v) is 8.13. The Balaban J connectivity index is 1.52. The van der Waals surface area contributed by atoms with Crippen LogP contribution in [0.3, 0.4) is 0 Å². The highest BCUT2D eigenvalue weighted by atomic mass is 35.5. The zero-order valence-corrected chi connectivity index (χ0v) is 13.8. The van der Waals surface area contributed by atoms with E-state index >= 15 is 0 Å². The molecule has 0 unspecified atom stereocenters. The monoisotopic (exact) mass is 359 g/mol. The summed E-state index contributed by atoms with van der Waals surface area (Å²) in [6, 6.07) is 9.00. The molecule has 4 rings (SSSR count). The highest BCUT2D eigenvalue weighted by molar-refractivity contribution is 6.30. The standard InChI is InChI=1S/C17H14ClN3O4/c18-10-1-4-13(5-2-10)25-15-6-3-11(8-19-15)21-16(23)14-7-12(22)9-20(14)17(21)24/h1-6,8,12,14,22H,7,9H2/t12-,14+/m1/s1. The molecule has 1 N–H and O–H groups in total. The second-order valence-corrected chi connectivity index (χ2v) is 6.36. The molecule has 2 fully saturated rings. The van der Waals surface area contributed by atoms with Gasteiger partial charge in [0.05, 0.1) is 18.0 Å². The third kappa shape index (κ3) is 2.81. The number of benzene rings is 1. The number of carbonyl (C=O) groups is 2. The Morgan fingerprint density at radius 2 is 1.92 bits per heavy atom. The van der Waals surface area contributed by atoms with Crippen LogP contribution in [-0.4, -0.2) is 45.6 Å². The number of aromatic nitrogens is 1. The van der Waals surface area contributed by atoms with Crippen molar-refractivity contribution in [3.8, 4) is 11.6 Å². The number of aliphatic hydroxyl groups excluding tert-OH is 1. The van der Waals surface area contributed by atoms with Crippen LogP contribution >= 0.6 is 11.6 Å². The van der Waals surface area contributed by atoms with Gasteiger partial charge in [-0.2, -0.15) is 0 Å². The number of carbonyl (C=O) groups excluding carboxylic acids is 2. The molecule has 0 bridgehead atoms. The van der Waals surface area contributed by atoms with E-state index in [-0.39, 0.29) is 18.9 Å². The van der Waals surface area contributed by atoms with Gasteiger partial charge >= 0.3 is 6.03 Å². The van der Waals surface area contributed by atoms with Crippen molar-refractivity contribution in [3.05, 3.63) is 47.6 Å². The van der Waals surface area contributed by atoms with E-state index in [0.717, 1.165) is 4.90 Å². The smallest absolute Gasteiger partial charge is 0.332 e. The highest BCUT2D eigenvalue weighted by Gasteiger charge is 2.50. The topological polar surface area (TPSA) is 83.0 Å². The molecule has 2 aliphatic heterocycles. The number of fused-ring (bicyclic) bond motifs is 1. The van der Waals surface area contributed by atoms with Crippen LogP contribution in [0.5, 0.6) is 11.6 Å². The Morgan fingerprint density at radius 3 is 2.56 bits per heavy atom. The summed E-state index contributed by atoms with van der Waals surface area (Å²) in [7, 11) is 0. The third-order valence-corrected chi connectivity index (χ3v) is 4.49. The third-order valence-electron chi connectivity index (χ3n) is 4.24. The lowest BCUT2D eigenvalue weighted by Gasteiger charge is -2.16. The van der Waals surface area contributed by atoms with E-state index < -0.39 is 18.2 Å². The number of rotatable bonds is 3. The minimum Gasteiger partial charge on any atom is -0.439 e. The number of nitrogens with zero attached hydrogens (tertiary/aromatic N) is 3. The molecule has 8 heteroatoms. The van der Waals surface area contributed by atoms with Crippen molar-refractivity contribution in [3.63, 3.8) is 0 Å². The molecule has 2 aliphatic rings. The molecule has 3 heterocycles. The number of halogens is 1. The van der Waals surface area contributed by atoms with E-state index in [4.69, 9.17) is 16.3 Å². The van der Waals surface area contributed by atoms with Gasteiger partial charge in [0.15, 0.2) is 0 Å². The molecule has 2 atom stereocenters. The second kappa shape index (κ2) is 6.02. The molecule has 0 saturated carbocycles. The van der Waals surface area contributed by atoms with Gasteiger partial charge < -0.3 is 14.7 Å². The zero-order chi connectivity index (χ0) is 17.6. The van der Waals surface area contributed by atoms with Crippen LogP contribution in [0.25, 0.3) is 0 Å². The molecule has 1 aromatic heterocycles. The lowest BCUT2D eigenvalue weighted by Crippen LogP contribution is -2.35. The number of imide groups is 1. The maximum absolute atomic E-state index is 12.4. The van der Waals surface area contributed by atoms with Crippen molar-refractivity contribution >= 4 is 29.2 Å². The minimum atomic E-state index is -0.645. The summed E-state index contributed by atoms with van der Waals surface area (Å²) in [6.07, 6.45) is 1.04. The number of pyridine rings is 1. The maximum Gasteiger partial charge on any atom is 0.332 e. The van der Waals surface area contributed by atoms with Crippen LogP contribution in [0.1, 0.15) is 6.42 Å². The quantitative estimate of drug-likeness (QED) is 0.851. The van der Waals surface area contributed by atoms with Gasteiger partial charge in [-0.1, -0.05) is 11.6 Å². The molecule has 2 aromatic rings. The molecule has 0 radical (unpaired) electrons. The molecule has 128 valence electrons. The van der Waals surface area contributed by atoms with Gasteiger partial charge in [0, 0.05) is 24.1 Å². The summed E-state index contributed by atoms with van der Waals surface area (Å²) in [6.45, 7) is 0.178. The number of anilines is 1. The van der Waals surface area contributed by atoms with E-state index in [1.165, 1.54) is 11.1 Å². The van der Waals surface area contributed by atoms with Crippen LogP contribution in [0.15, 0.2) is 42.6 Å². The Labute approximate surface area is 148 Å². The Bertz CT molecular complexity index is 801. The van der Waals surface area contributed by atoms with Crippen LogP contribution < -0.4 is 9.64 Å². The Morgan fingerprint density at radius 1 is 1.16 bits per heavy atom. The van der Waals surface area contributed by atoms with Crippen molar-refractivity contribution in [2.45, 2.75) is 18.6 Å². The van der Waals surface area contributed by atoms with Gasteiger partial charge in [0.1, 0.15) is 11.8 Å². The summed E-state index contributed by atoms with van der Waals surface area (Å²) < 4.78 is 5.59. The number of hydrogen-bond donors (Lipinski definition) is 1. The van der Waals surface area contributed by atoms with Gasteiger partial charge in [-0.15, -0.1) is 0 Å². The summed E-state index contributed by atoms with van der Waals surface area (Å²) in [5.74, 6) is 0.573. The van der Waals surface area contributed by atoms with Crippen LogP contribution in [0, 0.1) is 0 Å². The molecule has 7 nitrogen and oxygen atoms in total. The number of aliphatic hydroxyl groups is 1.